The fourth-order valence-corrected chi connectivity index (χ4v) is 1.24. The molecule has 1 aliphatic rings. The molecule has 0 fully saturated rings. The average molecular weight is 170 g/mol. The number of hydrogen-bond donors (Lipinski definition) is 2. The largest absolute Gasteiger partial charge is 0.409 e. The van der Waals surface area contributed by atoms with E-state index < -0.39 is 6.17 Å². The summed E-state index contributed by atoms with van der Waals surface area (Å²) < 4.78 is 25.3. The molecule has 1 aromatic carbocycles. The van der Waals surface area contributed by atoms with Gasteiger partial charge in [-0.15, -0.1) is 0 Å². The molecule has 1 heterocycles. The van der Waals surface area contributed by atoms with Gasteiger partial charge >= 0.3 is 6.17 Å². The fourth-order valence-electron chi connectivity index (χ4n) is 1.24. The van der Waals surface area contributed by atoms with Crippen molar-refractivity contribution in [2.24, 2.45) is 0 Å². The van der Waals surface area contributed by atoms with Gasteiger partial charge in [-0.1, -0.05) is 6.07 Å². The summed E-state index contributed by atoms with van der Waals surface area (Å²) in [6.45, 7) is 1.86. The zero-order chi connectivity index (χ0) is 8.77. The first-order valence-electron chi connectivity index (χ1n) is 3.62. The first-order chi connectivity index (χ1) is 5.57. The molecule has 2 N–H and O–H groups in total. The van der Waals surface area contributed by atoms with Crippen molar-refractivity contribution in [3.63, 3.8) is 0 Å². The highest BCUT2D eigenvalue weighted by Crippen LogP contribution is 2.35. The number of fused-ring (bicyclic) bond motifs is 1. The van der Waals surface area contributed by atoms with Gasteiger partial charge in [-0.3, -0.25) is 0 Å². The number of nitrogens with one attached hydrogen (secondary N) is 2. The molecule has 0 unspecified atom stereocenters. The predicted molar refractivity (Wildman–Crippen MR) is 43.4 cm³/mol. The molecular weight excluding hydrogens is 162 g/mol. The van der Waals surface area contributed by atoms with Gasteiger partial charge in [-0.2, -0.15) is 8.78 Å². The summed E-state index contributed by atoms with van der Waals surface area (Å²) >= 11 is 0. The molecule has 0 atom stereocenters. The van der Waals surface area contributed by atoms with Crippen molar-refractivity contribution in [1.82, 2.24) is 0 Å². The highest BCUT2D eigenvalue weighted by molar-refractivity contribution is 5.75. The number of benzene rings is 1. The van der Waals surface area contributed by atoms with Crippen molar-refractivity contribution < 1.29 is 8.78 Å². The second kappa shape index (κ2) is 2.09. The lowest BCUT2D eigenvalue weighted by Gasteiger charge is -2.08. The molecular formula is C8H8F2N2. The minimum absolute atomic E-state index is 0.450. The van der Waals surface area contributed by atoms with Gasteiger partial charge < -0.3 is 10.6 Å². The molecule has 12 heavy (non-hydrogen) atoms. The maximum absolute atomic E-state index is 12.6. The van der Waals surface area contributed by atoms with Crippen LogP contribution in [0, 0.1) is 6.92 Å². The van der Waals surface area contributed by atoms with Crippen LogP contribution in [0.4, 0.5) is 20.2 Å². The molecule has 0 spiro atoms. The standard InChI is InChI=1S/C8H8F2N2/c1-5-2-3-6-7(4-5)12-8(9,10)11-6/h2-4,11-12H,1H3. The quantitative estimate of drug-likeness (QED) is 0.584. The molecule has 0 aliphatic carbocycles. The summed E-state index contributed by atoms with van der Waals surface area (Å²) in [6.07, 6.45) is -3.00. The van der Waals surface area contributed by atoms with Crippen LogP contribution in [0.15, 0.2) is 18.2 Å². The van der Waals surface area contributed by atoms with Crippen molar-refractivity contribution in [3.05, 3.63) is 23.8 Å². The Kier molecular flexibility index (Phi) is 1.28. The highest BCUT2D eigenvalue weighted by Gasteiger charge is 2.35. The second-order valence-electron chi connectivity index (χ2n) is 2.87. The van der Waals surface area contributed by atoms with Crippen LogP contribution >= 0.6 is 0 Å². The highest BCUT2D eigenvalue weighted by atomic mass is 19.3. The summed E-state index contributed by atoms with van der Waals surface area (Å²) in [5.74, 6) is 0. The summed E-state index contributed by atoms with van der Waals surface area (Å²) in [4.78, 5) is 0. The van der Waals surface area contributed by atoms with Crippen LogP contribution in [0.5, 0.6) is 0 Å². The molecule has 64 valence electrons. The number of alkyl halides is 2. The monoisotopic (exact) mass is 170 g/mol. The molecule has 4 heteroatoms. The van der Waals surface area contributed by atoms with Crippen molar-refractivity contribution >= 4 is 11.4 Å². The summed E-state index contributed by atoms with van der Waals surface area (Å²) in [5.41, 5.74) is 1.87. The lowest BCUT2D eigenvalue weighted by atomic mass is 10.2. The Bertz CT molecular complexity index is 323. The van der Waals surface area contributed by atoms with Crippen molar-refractivity contribution in [2.75, 3.05) is 10.6 Å². The molecule has 0 saturated carbocycles. The minimum atomic E-state index is -3.00. The Morgan fingerprint density at radius 1 is 1.17 bits per heavy atom. The summed E-state index contributed by atoms with van der Waals surface area (Å²) in [5, 5.41) is 4.13. The van der Waals surface area contributed by atoms with Crippen LogP contribution in [0.2, 0.25) is 0 Å². The van der Waals surface area contributed by atoms with Gasteiger partial charge in [-0.05, 0) is 24.6 Å². The van der Waals surface area contributed by atoms with Crippen molar-refractivity contribution in [2.45, 2.75) is 13.1 Å². The first-order valence-corrected chi connectivity index (χ1v) is 3.62. The lowest BCUT2D eigenvalue weighted by Crippen LogP contribution is -2.30. The SMILES string of the molecule is Cc1ccc2c(c1)NC(F)(F)N2. The van der Waals surface area contributed by atoms with Gasteiger partial charge in [0.15, 0.2) is 0 Å². The van der Waals surface area contributed by atoms with E-state index in [1.54, 1.807) is 18.2 Å². The molecule has 0 radical (unpaired) electrons. The van der Waals surface area contributed by atoms with E-state index in [4.69, 9.17) is 0 Å². The van der Waals surface area contributed by atoms with Crippen molar-refractivity contribution in [3.8, 4) is 0 Å². The first kappa shape index (κ1) is 7.34. The second-order valence-corrected chi connectivity index (χ2v) is 2.87. The third-order valence-corrected chi connectivity index (χ3v) is 1.76. The molecule has 1 aliphatic heterocycles. The third kappa shape index (κ3) is 1.09. The van der Waals surface area contributed by atoms with Gasteiger partial charge in [0.1, 0.15) is 0 Å². The molecule has 2 rings (SSSR count). The maximum Gasteiger partial charge on any atom is 0.409 e. The average Bonchev–Trinajstić information content (AvgIpc) is 2.21. The normalized spacial score (nSPS) is 17.9. The Morgan fingerprint density at radius 2 is 1.83 bits per heavy atom. The number of anilines is 2. The van der Waals surface area contributed by atoms with Gasteiger partial charge in [0.05, 0.1) is 11.4 Å². The van der Waals surface area contributed by atoms with Gasteiger partial charge in [0.25, 0.3) is 0 Å². The van der Waals surface area contributed by atoms with E-state index in [0.29, 0.717) is 11.4 Å². The number of hydrogen-bond acceptors (Lipinski definition) is 2. The topological polar surface area (TPSA) is 24.1 Å². The van der Waals surface area contributed by atoms with Crippen LogP contribution in [-0.2, 0) is 0 Å². The van der Waals surface area contributed by atoms with E-state index >= 15 is 0 Å². The van der Waals surface area contributed by atoms with E-state index in [1.165, 1.54) is 0 Å². The predicted octanol–water partition coefficient (Wildman–Crippen LogP) is 2.38. The van der Waals surface area contributed by atoms with Crippen LogP contribution in [0.1, 0.15) is 5.56 Å². The molecule has 0 saturated heterocycles. The smallest absolute Gasteiger partial charge is 0.306 e. The molecule has 0 bridgehead atoms. The Morgan fingerprint density at radius 3 is 2.58 bits per heavy atom. The van der Waals surface area contributed by atoms with Crippen LogP contribution < -0.4 is 10.6 Å². The molecule has 1 aromatic rings. The van der Waals surface area contributed by atoms with E-state index in [1.807, 2.05) is 6.92 Å². The zero-order valence-electron chi connectivity index (χ0n) is 6.49. The number of rotatable bonds is 0. The van der Waals surface area contributed by atoms with Crippen LogP contribution in [0.25, 0.3) is 0 Å². The zero-order valence-corrected chi connectivity index (χ0v) is 6.49. The van der Waals surface area contributed by atoms with Crippen LogP contribution in [-0.4, -0.2) is 6.17 Å². The van der Waals surface area contributed by atoms with E-state index in [9.17, 15) is 8.78 Å². The third-order valence-electron chi connectivity index (χ3n) is 1.76. The summed E-state index contributed by atoms with van der Waals surface area (Å²) in [7, 11) is 0. The van der Waals surface area contributed by atoms with Gasteiger partial charge in [0, 0.05) is 0 Å². The summed E-state index contributed by atoms with van der Waals surface area (Å²) in [6, 6.07) is 5.11. The minimum Gasteiger partial charge on any atom is -0.306 e. The van der Waals surface area contributed by atoms with Gasteiger partial charge in [0.2, 0.25) is 0 Å². The lowest BCUT2D eigenvalue weighted by molar-refractivity contribution is 0.0705. The maximum atomic E-state index is 12.6. The van der Waals surface area contributed by atoms with E-state index in [2.05, 4.69) is 10.6 Å². The van der Waals surface area contributed by atoms with E-state index in [-0.39, 0.29) is 0 Å². The van der Waals surface area contributed by atoms with E-state index in [0.717, 1.165) is 5.56 Å². The Balaban J connectivity index is 2.43. The molecule has 0 amide bonds. The molecule has 0 aromatic heterocycles. The number of aryl methyl sites for hydroxylation is 1. The van der Waals surface area contributed by atoms with Crippen LogP contribution in [0.3, 0.4) is 0 Å². The molecule has 2 nitrogen and oxygen atoms in total. The Hall–Kier alpha value is -1.32. The Labute approximate surface area is 68.6 Å². The van der Waals surface area contributed by atoms with Gasteiger partial charge in [-0.25, -0.2) is 0 Å². The number of halogens is 2. The fraction of sp³-hybridized carbons (Fsp3) is 0.250. The van der Waals surface area contributed by atoms with Crippen molar-refractivity contribution in [1.29, 1.82) is 0 Å².